The van der Waals surface area contributed by atoms with Gasteiger partial charge >= 0.3 is 0 Å². The summed E-state index contributed by atoms with van der Waals surface area (Å²) in [7, 11) is 0. The third-order valence-electron chi connectivity index (χ3n) is 4.05. The van der Waals surface area contributed by atoms with Crippen molar-refractivity contribution in [2.75, 3.05) is 0 Å². The molecule has 1 aromatic heterocycles. The molecule has 0 aliphatic rings. The minimum Gasteiger partial charge on any atom is -0.506 e. The van der Waals surface area contributed by atoms with Crippen molar-refractivity contribution in [3.63, 3.8) is 0 Å². The molecular weight excluding hydrogens is 645 g/mol. The fourth-order valence-corrected chi connectivity index (χ4v) is 5.39. The Bertz CT molecular complexity index is 991. The van der Waals surface area contributed by atoms with Gasteiger partial charge in [0.05, 0.1) is 17.7 Å². The number of hydrogen-bond acceptors (Lipinski definition) is 3. The van der Waals surface area contributed by atoms with Gasteiger partial charge in [0, 0.05) is 21.8 Å². The number of unbranched alkanes of at least 4 members (excludes halogenated alkanes) is 1. The Balaban J connectivity index is 2.23. The second-order valence-corrected chi connectivity index (χ2v) is 9.53. The minimum absolute atomic E-state index is 0.125. The van der Waals surface area contributed by atoms with Gasteiger partial charge in [0.2, 0.25) is 0 Å². The Morgan fingerprint density at radius 1 is 1.23 bits per heavy atom. The summed E-state index contributed by atoms with van der Waals surface area (Å²) in [6.45, 7) is 2.10. The molecule has 2 aromatic carbocycles. The molecule has 0 fully saturated rings. The summed E-state index contributed by atoms with van der Waals surface area (Å²) < 4.78 is 8.06. The third-order valence-corrected chi connectivity index (χ3v) is 6.43. The SMILES string of the molecule is CCCCc1oc2c(Cl)cc(Br)cc2c1C(=O)c1cc(I)c(O)c(I)c1. The van der Waals surface area contributed by atoms with Crippen molar-refractivity contribution < 1.29 is 14.3 Å². The molecule has 1 heterocycles. The molecule has 26 heavy (non-hydrogen) atoms. The molecule has 0 spiro atoms. The molecule has 0 aliphatic carbocycles. The fourth-order valence-electron chi connectivity index (χ4n) is 2.78. The molecule has 3 nitrogen and oxygen atoms in total. The number of furan rings is 1. The number of aromatic hydroxyl groups is 1. The third kappa shape index (κ3) is 3.93. The van der Waals surface area contributed by atoms with Gasteiger partial charge < -0.3 is 9.52 Å². The van der Waals surface area contributed by atoms with E-state index in [1.165, 1.54) is 0 Å². The molecule has 136 valence electrons. The summed E-state index contributed by atoms with van der Waals surface area (Å²) in [5, 5.41) is 11.2. The number of hydrogen-bond donors (Lipinski definition) is 1. The number of carbonyl (C=O) groups excluding carboxylic acids is 1. The summed E-state index contributed by atoms with van der Waals surface area (Å²) in [4.78, 5) is 13.3. The summed E-state index contributed by atoms with van der Waals surface area (Å²) in [5.41, 5.74) is 1.61. The van der Waals surface area contributed by atoms with Gasteiger partial charge in [-0.3, -0.25) is 4.79 Å². The van der Waals surface area contributed by atoms with Crippen LogP contribution < -0.4 is 0 Å². The van der Waals surface area contributed by atoms with Crippen molar-refractivity contribution in [3.8, 4) is 5.75 Å². The molecule has 0 amide bonds. The summed E-state index contributed by atoms with van der Waals surface area (Å²) in [5.74, 6) is 0.724. The Morgan fingerprint density at radius 2 is 1.88 bits per heavy atom. The Labute approximate surface area is 191 Å². The first-order valence-corrected chi connectivity index (χ1v) is 11.3. The van der Waals surface area contributed by atoms with E-state index in [-0.39, 0.29) is 11.5 Å². The molecule has 0 aliphatic heterocycles. The molecule has 0 radical (unpaired) electrons. The highest BCUT2D eigenvalue weighted by molar-refractivity contribution is 14.1. The zero-order chi connectivity index (χ0) is 19.0. The van der Waals surface area contributed by atoms with Crippen LogP contribution in [0.4, 0.5) is 0 Å². The lowest BCUT2D eigenvalue weighted by molar-refractivity contribution is 0.103. The first kappa shape index (κ1) is 20.4. The van der Waals surface area contributed by atoms with Crippen molar-refractivity contribution in [1.29, 1.82) is 0 Å². The van der Waals surface area contributed by atoms with E-state index in [0.29, 0.717) is 46.4 Å². The average Bonchev–Trinajstić information content (AvgIpc) is 2.95. The molecule has 3 rings (SSSR count). The van der Waals surface area contributed by atoms with Crippen molar-refractivity contribution in [3.05, 3.63) is 57.8 Å². The average molecular weight is 659 g/mol. The van der Waals surface area contributed by atoms with Gasteiger partial charge in [-0.2, -0.15) is 0 Å². The molecule has 0 saturated heterocycles. The number of halogens is 4. The van der Waals surface area contributed by atoms with Crippen LogP contribution in [0.25, 0.3) is 11.0 Å². The maximum absolute atomic E-state index is 13.3. The zero-order valence-electron chi connectivity index (χ0n) is 13.7. The Morgan fingerprint density at radius 3 is 2.50 bits per heavy atom. The topological polar surface area (TPSA) is 50.4 Å². The van der Waals surface area contributed by atoms with Gasteiger partial charge in [-0.15, -0.1) is 0 Å². The lowest BCUT2D eigenvalue weighted by atomic mass is 9.98. The number of benzene rings is 2. The van der Waals surface area contributed by atoms with E-state index in [2.05, 4.69) is 22.9 Å². The number of rotatable bonds is 5. The maximum Gasteiger partial charge on any atom is 0.197 e. The van der Waals surface area contributed by atoms with Gasteiger partial charge in [-0.05, 0) is 75.9 Å². The van der Waals surface area contributed by atoms with Gasteiger partial charge in [0.1, 0.15) is 11.5 Å². The van der Waals surface area contributed by atoms with Crippen molar-refractivity contribution in [2.24, 2.45) is 0 Å². The van der Waals surface area contributed by atoms with Crippen LogP contribution in [0.1, 0.15) is 41.4 Å². The molecule has 0 saturated carbocycles. The van der Waals surface area contributed by atoms with Gasteiger partial charge in [-0.25, -0.2) is 0 Å². The largest absolute Gasteiger partial charge is 0.506 e. The number of aryl methyl sites for hydroxylation is 1. The van der Waals surface area contributed by atoms with Crippen molar-refractivity contribution >= 4 is 89.5 Å². The van der Waals surface area contributed by atoms with Crippen LogP contribution >= 0.6 is 72.7 Å². The van der Waals surface area contributed by atoms with E-state index in [1.54, 1.807) is 18.2 Å². The monoisotopic (exact) mass is 658 g/mol. The highest BCUT2D eigenvalue weighted by Gasteiger charge is 2.24. The highest BCUT2D eigenvalue weighted by Crippen LogP contribution is 2.37. The lowest BCUT2D eigenvalue weighted by Gasteiger charge is -2.07. The molecule has 1 N–H and O–H groups in total. The Kier molecular flexibility index (Phi) is 6.57. The predicted molar refractivity (Wildman–Crippen MR) is 125 cm³/mol. The van der Waals surface area contributed by atoms with Crippen LogP contribution in [0.2, 0.25) is 5.02 Å². The maximum atomic E-state index is 13.3. The van der Waals surface area contributed by atoms with Crippen LogP contribution in [0.3, 0.4) is 0 Å². The van der Waals surface area contributed by atoms with E-state index in [9.17, 15) is 9.90 Å². The number of carbonyl (C=O) groups is 1. The smallest absolute Gasteiger partial charge is 0.197 e. The van der Waals surface area contributed by atoms with Crippen LogP contribution in [0.15, 0.2) is 33.2 Å². The summed E-state index contributed by atoms with van der Waals surface area (Å²) >= 11 is 13.8. The Hall–Kier alpha value is -0.320. The normalized spacial score (nSPS) is 11.3. The van der Waals surface area contributed by atoms with Crippen LogP contribution in [0.5, 0.6) is 5.75 Å². The number of fused-ring (bicyclic) bond motifs is 1. The standard InChI is InChI=1S/C19H14BrClI2O3/c1-2-3-4-15-16(11-7-10(20)8-12(21)19(11)26-15)17(24)9-5-13(22)18(25)14(23)6-9/h5-8,25H,2-4H2,1H3. The fraction of sp³-hybridized carbons (Fsp3) is 0.211. The number of phenols is 1. The van der Waals surface area contributed by atoms with E-state index in [4.69, 9.17) is 16.0 Å². The molecular formula is C19H14BrClI2O3. The molecule has 0 atom stereocenters. The van der Waals surface area contributed by atoms with Crippen molar-refractivity contribution in [1.82, 2.24) is 0 Å². The first-order chi connectivity index (χ1) is 12.3. The zero-order valence-corrected chi connectivity index (χ0v) is 20.4. The minimum atomic E-state index is -0.125. The van der Waals surface area contributed by atoms with Crippen LogP contribution in [-0.2, 0) is 6.42 Å². The van der Waals surface area contributed by atoms with Crippen molar-refractivity contribution in [2.45, 2.75) is 26.2 Å². The summed E-state index contributed by atoms with van der Waals surface area (Å²) in [6.07, 6.45) is 2.59. The highest BCUT2D eigenvalue weighted by atomic mass is 127. The van der Waals surface area contributed by atoms with Gasteiger partial charge in [-0.1, -0.05) is 40.9 Å². The van der Waals surface area contributed by atoms with E-state index >= 15 is 0 Å². The van der Waals surface area contributed by atoms with E-state index in [1.807, 2.05) is 51.2 Å². The van der Waals surface area contributed by atoms with Gasteiger partial charge in [0.15, 0.2) is 11.4 Å². The molecule has 0 bridgehead atoms. The van der Waals surface area contributed by atoms with Crippen LogP contribution in [0, 0.1) is 7.14 Å². The lowest BCUT2D eigenvalue weighted by Crippen LogP contribution is -2.05. The predicted octanol–water partition coefficient (Wildman–Crippen LogP) is 7.34. The van der Waals surface area contributed by atoms with E-state index in [0.717, 1.165) is 17.3 Å². The molecule has 7 heteroatoms. The second kappa shape index (κ2) is 8.36. The quantitative estimate of drug-likeness (QED) is 0.231. The van der Waals surface area contributed by atoms with Gasteiger partial charge in [0.25, 0.3) is 0 Å². The molecule has 3 aromatic rings. The van der Waals surface area contributed by atoms with E-state index < -0.39 is 0 Å². The number of ketones is 1. The summed E-state index contributed by atoms with van der Waals surface area (Å²) in [6, 6.07) is 7.02. The van der Waals surface area contributed by atoms with Crippen LogP contribution in [-0.4, -0.2) is 10.9 Å². The second-order valence-electron chi connectivity index (χ2n) is 5.89. The first-order valence-electron chi connectivity index (χ1n) is 7.96. The molecule has 0 unspecified atom stereocenters. The number of phenolic OH excluding ortho intramolecular Hbond substituents is 1.